The Balaban J connectivity index is 2.17. The Hall–Kier alpha value is -0.340. The van der Waals surface area contributed by atoms with Crippen molar-refractivity contribution in [1.82, 2.24) is 5.32 Å². The molecule has 1 unspecified atom stereocenters. The van der Waals surface area contributed by atoms with Crippen LogP contribution >= 0.6 is 11.3 Å². The third-order valence-electron chi connectivity index (χ3n) is 1.93. The van der Waals surface area contributed by atoms with Crippen molar-refractivity contribution in [3.8, 4) is 0 Å². The van der Waals surface area contributed by atoms with E-state index in [2.05, 4.69) is 24.4 Å². The maximum Gasteiger partial charge on any atom is 0.0427 e. The summed E-state index contributed by atoms with van der Waals surface area (Å²) < 4.78 is 0. The molecular weight excluding hydrogens is 142 g/mol. The highest BCUT2D eigenvalue weighted by atomic mass is 32.1. The van der Waals surface area contributed by atoms with Gasteiger partial charge in [-0.25, -0.2) is 0 Å². The molecule has 10 heavy (non-hydrogen) atoms. The van der Waals surface area contributed by atoms with Crippen molar-refractivity contribution in [1.29, 1.82) is 0 Å². The van der Waals surface area contributed by atoms with Gasteiger partial charge in [-0.05, 0) is 32.0 Å². The van der Waals surface area contributed by atoms with Crippen molar-refractivity contribution in [3.05, 3.63) is 21.9 Å². The summed E-state index contributed by atoms with van der Waals surface area (Å²) >= 11 is 1.91. The maximum absolute atomic E-state index is 3.39. The first-order chi connectivity index (χ1) is 4.86. The van der Waals surface area contributed by atoms with Crippen molar-refractivity contribution in [3.63, 3.8) is 0 Å². The minimum atomic E-state index is 0.679. The molecule has 1 fully saturated rings. The molecule has 0 aromatic carbocycles. The van der Waals surface area contributed by atoms with Gasteiger partial charge in [0.05, 0.1) is 0 Å². The molecule has 1 nitrogen and oxygen atoms in total. The molecule has 1 N–H and O–H groups in total. The van der Waals surface area contributed by atoms with Gasteiger partial charge in [-0.15, -0.1) is 11.3 Å². The number of hydrogen-bond donors (Lipinski definition) is 1. The van der Waals surface area contributed by atoms with Crippen molar-refractivity contribution in [2.45, 2.75) is 19.4 Å². The van der Waals surface area contributed by atoms with E-state index in [0.717, 1.165) is 0 Å². The summed E-state index contributed by atoms with van der Waals surface area (Å²) in [4.78, 5) is 2.92. The second kappa shape index (κ2) is 2.36. The van der Waals surface area contributed by atoms with Crippen LogP contribution < -0.4 is 5.32 Å². The number of thiophene rings is 1. The zero-order chi connectivity index (χ0) is 6.97. The van der Waals surface area contributed by atoms with Crippen LogP contribution in [-0.4, -0.2) is 6.54 Å². The van der Waals surface area contributed by atoms with E-state index in [1.807, 2.05) is 11.3 Å². The predicted molar refractivity (Wildman–Crippen MR) is 44.4 cm³/mol. The van der Waals surface area contributed by atoms with Crippen LogP contribution in [-0.2, 0) is 0 Å². The zero-order valence-corrected chi connectivity index (χ0v) is 6.87. The predicted octanol–water partition coefficient (Wildman–Crippen LogP) is 2.09. The van der Waals surface area contributed by atoms with Crippen molar-refractivity contribution in [2.75, 3.05) is 6.54 Å². The van der Waals surface area contributed by atoms with Crippen LogP contribution in [0.25, 0.3) is 0 Å². The Morgan fingerprint density at radius 3 is 2.80 bits per heavy atom. The van der Waals surface area contributed by atoms with Crippen LogP contribution in [0.4, 0.5) is 0 Å². The number of rotatable bonds is 1. The summed E-state index contributed by atoms with van der Waals surface area (Å²) in [5, 5.41) is 3.39. The highest BCUT2D eigenvalue weighted by Gasteiger charge is 2.19. The van der Waals surface area contributed by atoms with E-state index >= 15 is 0 Å². The number of hydrogen-bond acceptors (Lipinski definition) is 2. The SMILES string of the molecule is Cc1ccc(C2CCN2)s1. The Morgan fingerprint density at radius 2 is 2.40 bits per heavy atom. The fourth-order valence-electron chi connectivity index (χ4n) is 1.17. The van der Waals surface area contributed by atoms with Crippen LogP contribution in [0.1, 0.15) is 22.2 Å². The van der Waals surface area contributed by atoms with Gasteiger partial charge in [0.2, 0.25) is 0 Å². The summed E-state index contributed by atoms with van der Waals surface area (Å²) in [5.41, 5.74) is 0. The van der Waals surface area contributed by atoms with Gasteiger partial charge in [-0.3, -0.25) is 0 Å². The summed E-state index contributed by atoms with van der Waals surface area (Å²) in [6.45, 7) is 3.36. The highest BCUT2D eigenvalue weighted by molar-refractivity contribution is 7.12. The standard InChI is InChI=1S/C8H11NS/c1-6-2-3-8(10-6)7-4-5-9-7/h2-3,7,9H,4-5H2,1H3. The largest absolute Gasteiger partial charge is 0.309 e. The maximum atomic E-state index is 3.39. The number of nitrogens with one attached hydrogen (secondary N) is 1. The molecule has 1 aliphatic heterocycles. The molecule has 1 atom stereocenters. The molecule has 0 amide bonds. The van der Waals surface area contributed by atoms with E-state index in [0.29, 0.717) is 6.04 Å². The zero-order valence-electron chi connectivity index (χ0n) is 6.05. The molecular formula is C8H11NS. The Kier molecular flexibility index (Phi) is 1.51. The van der Waals surface area contributed by atoms with E-state index in [1.165, 1.54) is 22.7 Å². The van der Waals surface area contributed by atoms with Gasteiger partial charge in [0.1, 0.15) is 0 Å². The van der Waals surface area contributed by atoms with Crippen LogP contribution in [0.5, 0.6) is 0 Å². The summed E-state index contributed by atoms with van der Waals surface area (Å²) in [6.07, 6.45) is 1.32. The normalized spacial score (nSPS) is 24.3. The van der Waals surface area contributed by atoms with Gasteiger partial charge >= 0.3 is 0 Å². The molecule has 0 radical (unpaired) electrons. The molecule has 1 aromatic heterocycles. The molecule has 1 aromatic rings. The fourth-order valence-corrected chi connectivity index (χ4v) is 2.16. The van der Waals surface area contributed by atoms with Gasteiger partial charge in [0, 0.05) is 15.8 Å². The van der Waals surface area contributed by atoms with E-state index in [4.69, 9.17) is 0 Å². The molecule has 2 heteroatoms. The lowest BCUT2D eigenvalue weighted by atomic mass is 10.1. The molecule has 0 aliphatic carbocycles. The van der Waals surface area contributed by atoms with Gasteiger partial charge < -0.3 is 5.32 Å². The van der Waals surface area contributed by atoms with Gasteiger partial charge in [0.25, 0.3) is 0 Å². The first kappa shape index (κ1) is 6.38. The molecule has 1 saturated heterocycles. The Bertz CT molecular complexity index is 225. The molecule has 2 heterocycles. The van der Waals surface area contributed by atoms with Gasteiger partial charge in [0.15, 0.2) is 0 Å². The topological polar surface area (TPSA) is 12.0 Å². The molecule has 2 rings (SSSR count). The lowest BCUT2D eigenvalue weighted by molar-refractivity contribution is 0.389. The van der Waals surface area contributed by atoms with Crippen molar-refractivity contribution >= 4 is 11.3 Å². The first-order valence-electron chi connectivity index (χ1n) is 3.66. The fraction of sp³-hybridized carbons (Fsp3) is 0.500. The molecule has 0 spiro atoms. The third-order valence-corrected chi connectivity index (χ3v) is 3.04. The van der Waals surface area contributed by atoms with Crippen molar-refractivity contribution in [2.24, 2.45) is 0 Å². The van der Waals surface area contributed by atoms with Crippen LogP contribution in [0.2, 0.25) is 0 Å². The molecule has 0 saturated carbocycles. The van der Waals surface area contributed by atoms with Gasteiger partial charge in [-0.1, -0.05) is 0 Å². The summed E-state index contributed by atoms with van der Waals surface area (Å²) in [6, 6.07) is 5.11. The quantitative estimate of drug-likeness (QED) is 0.651. The van der Waals surface area contributed by atoms with Gasteiger partial charge in [-0.2, -0.15) is 0 Å². The van der Waals surface area contributed by atoms with E-state index < -0.39 is 0 Å². The van der Waals surface area contributed by atoms with Crippen LogP contribution in [0.3, 0.4) is 0 Å². The van der Waals surface area contributed by atoms with E-state index in [-0.39, 0.29) is 0 Å². The third kappa shape index (κ3) is 0.976. The second-order valence-electron chi connectivity index (χ2n) is 2.74. The Labute approximate surface area is 65.1 Å². The minimum Gasteiger partial charge on any atom is -0.309 e. The lowest BCUT2D eigenvalue weighted by Gasteiger charge is -2.26. The van der Waals surface area contributed by atoms with Crippen molar-refractivity contribution < 1.29 is 0 Å². The molecule has 0 bridgehead atoms. The summed E-state index contributed by atoms with van der Waals surface area (Å²) in [7, 11) is 0. The minimum absolute atomic E-state index is 0.679. The summed E-state index contributed by atoms with van der Waals surface area (Å²) in [5.74, 6) is 0. The average Bonchev–Trinajstić information content (AvgIpc) is 2.10. The second-order valence-corrected chi connectivity index (χ2v) is 4.06. The highest BCUT2D eigenvalue weighted by Crippen LogP contribution is 2.28. The van der Waals surface area contributed by atoms with Crippen LogP contribution in [0, 0.1) is 6.92 Å². The van der Waals surface area contributed by atoms with E-state index in [9.17, 15) is 0 Å². The Morgan fingerprint density at radius 1 is 1.60 bits per heavy atom. The molecule has 54 valence electrons. The first-order valence-corrected chi connectivity index (χ1v) is 4.47. The van der Waals surface area contributed by atoms with E-state index in [1.54, 1.807) is 0 Å². The van der Waals surface area contributed by atoms with Crippen LogP contribution in [0.15, 0.2) is 12.1 Å². The molecule has 1 aliphatic rings. The lowest BCUT2D eigenvalue weighted by Crippen LogP contribution is -2.34. The average molecular weight is 153 g/mol. The number of aryl methyl sites for hydroxylation is 1. The monoisotopic (exact) mass is 153 g/mol. The smallest absolute Gasteiger partial charge is 0.0427 e.